The SMILES string of the molecule is Cc1ccc(C=O)c(-c2ccn(C)n2)c1. The highest BCUT2D eigenvalue weighted by Gasteiger charge is 2.06. The van der Waals surface area contributed by atoms with Crippen LogP contribution >= 0.6 is 0 Å². The number of rotatable bonds is 2. The molecule has 2 rings (SSSR count). The van der Waals surface area contributed by atoms with Gasteiger partial charge in [-0.25, -0.2) is 0 Å². The van der Waals surface area contributed by atoms with Gasteiger partial charge in [0.1, 0.15) is 0 Å². The molecule has 15 heavy (non-hydrogen) atoms. The minimum Gasteiger partial charge on any atom is -0.298 e. The smallest absolute Gasteiger partial charge is 0.150 e. The molecule has 0 radical (unpaired) electrons. The van der Waals surface area contributed by atoms with Crippen molar-refractivity contribution in [2.24, 2.45) is 7.05 Å². The van der Waals surface area contributed by atoms with E-state index in [0.717, 1.165) is 23.1 Å². The van der Waals surface area contributed by atoms with Gasteiger partial charge in [0.2, 0.25) is 0 Å². The van der Waals surface area contributed by atoms with E-state index >= 15 is 0 Å². The zero-order valence-electron chi connectivity index (χ0n) is 8.77. The first-order valence-electron chi connectivity index (χ1n) is 4.76. The molecule has 0 atom stereocenters. The average Bonchev–Trinajstić information content (AvgIpc) is 2.65. The molecule has 1 aromatic carbocycles. The summed E-state index contributed by atoms with van der Waals surface area (Å²) in [5.74, 6) is 0. The third kappa shape index (κ3) is 1.81. The van der Waals surface area contributed by atoms with E-state index in [-0.39, 0.29) is 0 Å². The van der Waals surface area contributed by atoms with Gasteiger partial charge in [0, 0.05) is 24.4 Å². The van der Waals surface area contributed by atoms with E-state index in [9.17, 15) is 4.79 Å². The van der Waals surface area contributed by atoms with Crippen molar-refractivity contribution in [1.29, 1.82) is 0 Å². The predicted molar refractivity (Wildman–Crippen MR) is 58.8 cm³/mol. The second-order valence-electron chi connectivity index (χ2n) is 3.58. The summed E-state index contributed by atoms with van der Waals surface area (Å²) >= 11 is 0. The lowest BCUT2D eigenvalue weighted by atomic mass is 10.0. The Kier molecular flexibility index (Phi) is 2.37. The number of benzene rings is 1. The lowest BCUT2D eigenvalue weighted by molar-refractivity contribution is 0.112. The van der Waals surface area contributed by atoms with Crippen LogP contribution in [-0.2, 0) is 7.05 Å². The van der Waals surface area contributed by atoms with E-state index in [1.165, 1.54) is 0 Å². The van der Waals surface area contributed by atoms with Crippen LogP contribution in [0.5, 0.6) is 0 Å². The van der Waals surface area contributed by atoms with Crippen molar-refractivity contribution in [1.82, 2.24) is 9.78 Å². The van der Waals surface area contributed by atoms with Gasteiger partial charge in [-0.2, -0.15) is 5.10 Å². The maximum atomic E-state index is 10.9. The quantitative estimate of drug-likeness (QED) is 0.696. The molecule has 0 bridgehead atoms. The van der Waals surface area contributed by atoms with Gasteiger partial charge in [0.15, 0.2) is 6.29 Å². The Morgan fingerprint density at radius 2 is 2.13 bits per heavy atom. The third-order valence-corrected chi connectivity index (χ3v) is 2.33. The number of carbonyl (C=O) groups excluding carboxylic acids is 1. The molecule has 1 aromatic heterocycles. The van der Waals surface area contributed by atoms with Crippen LogP contribution in [0, 0.1) is 6.92 Å². The maximum absolute atomic E-state index is 10.9. The van der Waals surface area contributed by atoms with E-state index < -0.39 is 0 Å². The molecule has 0 unspecified atom stereocenters. The van der Waals surface area contributed by atoms with E-state index in [2.05, 4.69) is 5.10 Å². The summed E-state index contributed by atoms with van der Waals surface area (Å²) in [6.07, 6.45) is 2.73. The van der Waals surface area contributed by atoms with E-state index in [0.29, 0.717) is 5.56 Å². The molecule has 0 spiro atoms. The summed E-state index contributed by atoms with van der Waals surface area (Å²) in [6, 6.07) is 7.64. The van der Waals surface area contributed by atoms with Gasteiger partial charge in [-0.05, 0) is 19.1 Å². The van der Waals surface area contributed by atoms with Gasteiger partial charge in [-0.1, -0.05) is 17.7 Å². The van der Waals surface area contributed by atoms with Gasteiger partial charge in [-0.3, -0.25) is 9.48 Å². The fourth-order valence-corrected chi connectivity index (χ4v) is 1.55. The summed E-state index contributed by atoms with van der Waals surface area (Å²) in [4.78, 5) is 10.9. The molecule has 0 saturated heterocycles. The first-order valence-corrected chi connectivity index (χ1v) is 4.76. The Morgan fingerprint density at radius 1 is 1.33 bits per heavy atom. The molecule has 0 aliphatic carbocycles. The molecule has 2 aromatic rings. The lowest BCUT2D eigenvalue weighted by Crippen LogP contribution is -1.92. The van der Waals surface area contributed by atoms with E-state index in [1.54, 1.807) is 4.68 Å². The van der Waals surface area contributed by atoms with Crippen LogP contribution in [-0.4, -0.2) is 16.1 Å². The van der Waals surface area contributed by atoms with Crippen molar-refractivity contribution in [3.05, 3.63) is 41.6 Å². The summed E-state index contributed by atoms with van der Waals surface area (Å²) < 4.78 is 1.73. The van der Waals surface area contributed by atoms with Crippen LogP contribution in [0.15, 0.2) is 30.5 Å². The van der Waals surface area contributed by atoms with Crippen molar-refractivity contribution < 1.29 is 4.79 Å². The Balaban J connectivity index is 2.59. The fraction of sp³-hybridized carbons (Fsp3) is 0.167. The summed E-state index contributed by atoms with van der Waals surface area (Å²) in [6.45, 7) is 2.00. The van der Waals surface area contributed by atoms with Crippen molar-refractivity contribution in [2.45, 2.75) is 6.92 Å². The largest absolute Gasteiger partial charge is 0.298 e. The third-order valence-electron chi connectivity index (χ3n) is 2.33. The molecule has 0 N–H and O–H groups in total. The van der Waals surface area contributed by atoms with Crippen molar-refractivity contribution in [3.8, 4) is 11.3 Å². The number of aromatic nitrogens is 2. The Morgan fingerprint density at radius 3 is 2.73 bits per heavy atom. The molecule has 0 fully saturated rings. The van der Waals surface area contributed by atoms with Crippen LogP contribution in [0.2, 0.25) is 0 Å². The highest BCUT2D eigenvalue weighted by molar-refractivity contribution is 5.86. The van der Waals surface area contributed by atoms with Gasteiger partial charge < -0.3 is 0 Å². The molecular weight excluding hydrogens is 188 g/mol. The second kappa shape index (κ2) is 3.69. The van der Waals surface area contributed by atoms with Crippen molar-refractivity contribution in [3.63, 3.8) is 0 Å². The summed E-state index contributed by atoms with van der Waals surface area (Å²) in [5.41, 5.74) is 3.54. The fourth-order valence-electron chi connectivity index (χ4n) is 1.55. The van der Waals surface area contributed by atoms with Crippen LogP contribution in [0.4, 0.5) is 0 Å². The Bertz CT molecular complexity index is 500. The maximum Gasteiger partial charge on any atom is 0.150 e. The van der Waals surface area contributed by atoms with Gasteiger partial charge in [0.25, 0.3) is 0 Å². The lowest BCUT2D eigenvalue weighted by Gasteiger charge is -2.02. The minimum atomic E-state index is 0.680. The number of hydrogen-bond acceptors (Lipinski definition) is 2. The van der Waals surface area contributed by atoms with Gasteiger partial charge in [-0.15, -0.1) is 0 Å². The first kappa shape index (κ1) is 9.65. The van der Waals surface area contributed by atoms with Crippen molar-refractivity contribution in [2.75, 3.05) is 0 Å². The highest BCUT2D eigenvalue weighted by Crippen LogP contribution is 2.21. The summed E-state index contributed by atoms with van der Waals surface area (Å²) in [5, 5.41) is 4.29. The van der Waals surface area contributed by atoms with E-state index in [4.69, 9.17) is 0 Å². The zero-order valence-corrected chi connectivity index (χ0v) is 8.77. The molecule has 0 amide bonds. The van der Waals surface area contributed by atoms with Crippen LogP contribution in [0.1, 0.15) is 15.9 Å². The standard InChI is InChI=1S/C12H12N2O/c1-9-3-4-10(8-15)11(7-9)12-5-6-14(2)13-12/h3-8H,1-2H3. The number of nitrogens with zero attached hydrogens (tertiary/aromatic N) is 2. The Hall–Kier alpha value is -1.90. The topological polar surface area (TPSA) is 34.9 Å². The number of hydrogen-bond donors (Lipinski definition) is 0. The predicted octanol–water partition coefficient (Wildman–Crippen LogP) is 2.21. The normalized spacial score (nSPS) is 10.3. The molecule has 0 aliphatic heterocycles. The number of carbonyl (C=O) groups is 1. The van der Waals surface area contributed by atoms with Crippen LogP contribution in [0.3, 0.4) is 0 Å². The van der Waals surface area contributed by atoms with Crippen molar-refractivity contribution >= 4 is 6.29 Å². The average molecular weight is 200 g/mol. The number of aryl methyl sites for hydroxylation is 2. The van der Waals surface area contributed by atoms with E-state index in [1.807, 2.05) is 44.4 Å². The molecule has 1 heterocycles. The van der Waals surface area contributed by atoms with Gasteiger partial charge in [0.05, 0.1) is 5.69 Å². The van der Waals surface area contributed by atoms with Gasteiger partial charge >= 0.3 is 0 Å². The Labute approximate surface area is 88.4 Å². The molecule has 0 saturated carbocycles. The second-order valence-corrected chi connectivity index (χ2v) is 3.58. The first-order chi connectivity index (χ1) is 7.20. The minimum absolute atomic E-state index is 0.680. The highest BCUT2D eigenvalue weighted by atomic mass is 16.1. The molecular formula is C12H12N2O. The molecule has 0 aliphatic rings. The molecule has 3 nitrogen and oxygen atoms in total. The molecule has 3 heteroatoms. The van der Waals surface area contributed by atoms with Crippen LogP contribution < -0.4 is 0 Å². The monoisotopic (exact) mass is 200 g/mol. The number of aldehydes is 1. The van der Waals surface area contributed by atoms with Crippen LogP contribution in [0.25, 0.3) is 11.3 Å². The zero-order chi connectivity index (χ0) is 10.8. The summed E-state index contributed by atoms with van der Waals surface area (Å²) in [7, 11) is 1.86. The molecule has 76 valence electrons.